The van der Waals surface area contributed by atoms with Crippen LogP contribution in [0, 0.1) is 0 Å². The van der Waals surface area contributed by atoms with E-state index >= 15 is 0 Å². The van der Waals surface area contributed by atoms with Crippen molar-refractivity contribution >= 4 is 38.7 Å². The highest BCUT2D eigenvalue weighted by Crippen LogP contribution is 2.25. The van der Waals surface area contributed by atoms with Crippen molar-refractivity contribution in [3.63, 3.8) is 0 Å². The summed E-state index contributed by atoms with van der Waals surface area (Å²) in [4.78, 5) is 3.89. The molecule has 1 heterocycles. The maximum atomic E-state index is 11.3. The van der Waals surface area contributed by atoms with Gasteiger partial charge in [0.1, 0.15) is 0 Å². The SMILES string of the molecule is CS(=O)(=O)c1ccc(NCc2c(Cl)cccc2Cl)cn1. The second kappa shape index (κ2) is 5.99. The summed E-state index contributed by atoms with van der Waals surface area (Å²) in [6.45, 7) is 0.429. The number of hydrogen-bond donors (Lipinski definition) is 1. The van der Waals surface area contributed by atoms with Gasteiger partial charge in [0.15, 0.2) is 14.9 Å². The Morgan fingerprint density at radius 2 is 1.80 bits per heavy atom. The molecule has 0 aliphatic rings. The van der Waals surface area contributed by atoms with Gasteiger partial charge in [-0.25, -0.2) is 13.4 Å². The van der Waals surface area contributed by atoms with Gasteiger partial charge >= 0.3 is 0 Å². The molecule has 0 bridgehead atoms. The van der Waals surface area contributed by atoms with E-state index in [0.29, 0.717) is 22.3 Å². The van der Waals surface area contributed by atoms with Crippen molar-refractivity contribution < 1.29 is 8.42 Å². The molecule has 1 aromatic heterocycles. The van der Waals surface area contributed by atoms with Gasteiger partial charge in [-0.2, -0.15) is 0 Å². The van der Waals surface area contributed by atoms with Crippen LogP contribution in [0.25, 0.3) is 0 Å². The van der Waals surface area contributed by atoms with Crippen molar-refractivity contribution in [1.29, 1.82) is 0 Å². The number of rotatable bonds is 4. The molecular weight excluding hydrogens is 319 g/mol. The van der Waals surface area contributed by atoms with Crippen LogP contribution in [0.15, 0.2) is 41.6 Å². The lowest BCUT2D eigenvalue weighted by Gasteiger charge is -2.09. The first-order chi connectivity index (χ1) is 9.38. The quantitative estimate of drug-likeness (QED) is 0.933. The first kappa shape index (κ1) is 15.1. The number of sulfone groups is 1. The first-order valence-electron chi connectivity index (χ1n) is 5.71. The largest absolute Gasteiger partial charge is 0.380 e. The first-order valence-corrected chi connectivity index (χ1v) is 8.35. The average molecular weight is 331 g/mol. The standard InChI is InChI=1S/C13H12Cl2N2O2S/c1-20(18,19)13-6-5-9(7-17-13)16-8-10-11(14)3-2-4-12(10)15/h2-7,16H,8H2,1H3. The number of nitrogens with zero attached hydrogens (tertiary/aromatic N) is 1. The van der Waals surface area contributed by atoms with Gasteiger partial charge in [-0.1, -0.05) is 29.3 Å². The zero-order valence-electron chi connectivity index (χ0n) is 10.6. The van der Waals surface area contributed by atoms with Crippen LogP contribution in [0.4, 0.5) is 5.69 Å². The molecule has 2 aromatic rings. The van der Waals surface area contributed by atoms with Crippen molar-refractivity contribution in [2.24, 2.45) is 0 Å². The van der Waals surface area contributed by atoms with Crippen LogP contribution < -0.4 is 5.32 Å². The van der Waals surface area contributed by atoms with Crippen LogP contribution in [-0.4, -0.2) is 19.7 Å². The van der Waals surface area contributed by atoms with E-state index in [1.54, 1.807) is 24.3 Å². The average Bonchev–Trinajstić information content (AvgIpc) is 2.37. The van der Waals surface area contributed by atoms with Crippen molar-refractivity contribution in [1.82, 2.24) is 4.98 Å². The van der Waals surface area contributed by atoms with E-state index in [1.807, 2.05) is 0 Å². The number of nitrogens with one attached hydrogen (secondary N) is 1. The second-order valence-electron chi connectivity index (χ2n) is 4.21. The van der Waals surface area contributed by atoms with E-state index < -0.39 is 9.84 Å². The number of hydrogen-bond acceptors (Lipinski definition) is 4. The van der Waals surface area contributed by atoms with Gasteiger partial charge in [0.25, 0.3) is 0 Å². The minimum absolute atomic E-state index is 0.0406. The van der Waals surface area contributed by atoms with E-state index in [9.17, 15) is 8.42 Å². The third-order valence-corrected chi connectivity index (χ3v) is 4.36. The summed E-state index contributed by atoms with van der Waals surface area (Å²) in [7, 11) is -3.28. The fraction of sp³-hybridized carbons (Fsp3) is 0.154. The Morgan fingerprint density at radius 3 is 2.30 bits per heavy atom. The fourth-order valence-corrected chi connectivity index (χ4v) is 2.69. The molecule has 0 unspecified atom stereocenters. The van der Waals surface area contributed by atoms with Gasteiger partial charge < -0.3 is 5.32 Å². The normalized spacial score (nSPS) is 11.3. The summed E-state index contributed by atoms with van der Waals surface area (Å²) >= 11 is 12.1. The Kier molecular flexibility index (Phi) is 4.52. The molecule has 0 atom stereocenters. The molecule has 0 fully saturated rings. The molecule has 0 spiro atoms. The molecule has 2 rings (SSSR count). The Hall–Kier alpha value is -1.30. The lowest BCUT2D eigenvalue weighted by atomic mass is 10.2. The Labute approximate surface area is 127 Å². The molecule has 4 nitrogen and oxygen atoms in total. The lowest BCUT2D eigenvalue weighted by molar-refractivity contribution is 0.598. The van der Waals surface area contributed by atoms with Crippen LogP contribution >= 0.6 is 23.2 Å². The highest BCUT2D eigenvalue weighted by atomic mass is 35.5. The number of anilines is 1. The van der Waals surface area contributed by atoms with E-state index in [4.69, 9.17) is 23.2 Å². The van der Waals surface area contributed by atoms with E-state index in [2.05, 4.69) is 10.3 Å². The number of halogens is 2. The summed E-state index contributed by atoms with van der Waals surface area (Å²) in [6, 6.07) is 8.39. The summed E-state index contributed by atoms with van der Waals surface area (Å²) < 4.78 is 22.6. The maximum absolute atomic E-state index is 11.3. The predicted octanol–water partition coefficient (Wildman–Crippen LogP) is 3.40. The van der Waals surface area contributed by atoms with E-state index in [1.165, 1.54) is 12.3 Å². The highest BCUT2D eigenvalue weighted by molar-refractivity contribution is 7.90. The zero-order valence-corrected chi connectivity index (χ0v) is 12.9. The molecule has 106 valence electrons. The lowest BCUT2D eigenvalue weighted by Crippen LogP contribution is -2.04. The third kappa shape index (κ3) is 3.62. The molecule has 0 aliphatic carbocycles. The molecule has 0 saturated carbocycles. The number of pyridine rings is 1. The van der Waals surface area contributed by atoms with Gasteiger partial charge in [0, 0.05) is 28.4 Å². The van der Waals surface area contributed by atoms with Crippen LogP contribution in [0.5, 0.6) is 0 Å². The Balaban J connectivity index is 2.12. The minimum Gasteiger partial charge on any atom is -0.380 e. The molecule has 0 radical (unpaired) electrons. The molecule has 1 aromatic carbocycles. The van der Waals surface area contributed by atoms with Crippen LogP contribution in [-0.2, 0) is 16.4 Å². The van der Waals surface area contributed by atoms with Crippen molar-refractivity contribution in [3.05, 3.63) is 52.1 Å². The third-order valence-electron chi connectivity index (χ3n) is 2.65. The second-order valence-corrected chi connectivity index (χ2v) is 6.99. The Morgan fingerprint density at radius 1 is 1.15 bits per heavy atom. The summed E-state index contributed by atoms with van der Waals surface area (Å²) in [5.41, 5.74) is 1.47. The predicted molar refractivity (Wildman–Crippen MR) is 81.1 cm³/mol. The summed E-state index contributed by atoms with van der Waals surface area (Å²) in [5.74, 6) is 0. The topological polar surface area (TPSA) is 59.1 Å². The maximum Gasteiger partial charge on any atom is 0.192 e. The van der Waals surface area contributed by atoms with Gasteiger partial charge in [-0.3, -0.25) is 0 Å². The van der Waals surface area contributed by atoms with Crippen LogP contribution in [0.2, 0.25) is 10.0 Å². The van der Waals surface area contributed by atoms with E-state index in [-0.39, 0.29) is 5.03 Å². The van der Waals surface area contributed by atoms with Gasteiger partial charge in [0.2, 0.25) is 0 Å². The van der Waals surface area contributed by atoms with Gasteiger partial charge in [0.05, 0.1) is 11.9 Å². The van der Waals surface area contributed by atoms with E-state index in [0.717, 1.165) is 11.8 Å². The molecule has 1 N–H and O–H groups in total. The number of aromatic nitrogens is 1. The summed E-state index contributed by atoms with van der Waals surface area (Å²) in [6.07, 6.45) is 2.58. The van der Waals surface area contributed by atoms with Gasteiger partial charge in [-0.15, -0.1) is 0 Å². The minimum atomic E-state index is -3.28. The van der Waals surface area contributed by atoms with Crippen LogP contribution in [0.3, 0.4) is 0 Å². The summed E-state index contributed by atoms with van der Waals surface area (Å²) in [5, 5.41) is 4.29. The van der Waals surface area contributed by atoms with Crippen molar-refractivity contribution in [3.8, 4) is 0 Å². The zero-order chi connectivity index (χ0) is 14.8. The van der Waals surface area contributed by atoms with Crippen molar-refractivity contribution in [2.45, 2.75) is 11.6 Å². The van der Waals surface area contributed by atoms with Crippen molar-refractivity contribution in [2.75, 3.05) is 11.6 Å². The molecular formula is C13H12Cl2N2O2S. The molecule has 7 heteroatoms. The molecule has 20 heavy (non-hydrogen) atoms. The molecule has 0 aliphatic heterocycles. The monoisotopic (exact) mass is 330 g/mol. The smallest absolute Gasteiger partial charge is 0.192 e. The van der Waals surface area contributed by atoms with Gasteiger partial charge in [-0.05, 0) is 24.3 Å². The molecule has 0 amide bonds. The molecule has 0 saturated heterocycles. The fourth-order valence-electron chi connectivity index (χ4n) is 1.60. The van der Waals surface area contributed by atoms with Crippen LogP contribution in [0.1, 0.15) is 5.56 Å². The Bertz CT molecular complexity index is 695. The highest BCUT2D eigenvalue weighted by Gasteiger charge is 2.09. The number of benzene rings is 1.